The van der Waals surface area contributed by atoms with Crippen molar-refractivity contribution in [2.45, 2.75) is 13.0 Å². The highest BCUT2D eigenvalue weighted by Gasteiger charge is 2.16. The van der Waals surface area contributed by atoms with Crippen LogP contribution in [-0.2, 0) is 9.59 Å². The Morgan fingerprint density at radius 3 is 2.58 bits per heavy atom. The molecule has 0 spiro atoms. The molecule has 1 amide bonds. The van der Waals surface area contributed by atoms with Gasteiger partial charge >= 0.3 is 5.97 Å². The average molecular weight is 264 g/mol. The van der Waals surface area contributed by atoms with Crippen LogP contribution in [0, 0.1) is 0 Å². The monoisotopic (exact) mass is 264 g/mol. The molecule has 19 heavy (non-hydrogen) atoms. The normalized spacial score (nSPS) is 12.2. The van der Waals surface area contributed by atoms with E-state index in [-0.39, 0.29) is 5.91 Å². The molecule has 6 nitrogen and oxygen atoms in total. The zero-order valence-corrected chi connectivity index (χ0v) is 11.0. The van der Waals surface area contributed by atoms with Gasteiger partial charge in [-0.15, -0.1) is 0 Å². The number of carboxylic acids is 1. The minimum Gasteiger partial charge on any atom is -0.479 e. The van der Waals surface area contributed by atoms with Crippen molar-refractivity contribution in [1.82, 2.24) is 9.88 Å². The summed E-state index contributed by atoms with van der Waals surface area (Å²) >= 11 is 0. The van der Waals surface area contributed by atoms with Gasteiger partial charge < -0.3 is 14.7 Å². The highest BCUT2D eigenvalue weighted by atomic mass is 16.5. The fourth-order valence-electron chi connectivity index (χ4n) is 1.33. The predicted molar refractivity (Wildman–Crippen MR) is 69.7 cm³/mol. The summed E-state index contributed by atoms with van der Waals surface area (Å²) in [7, 11) is 3.31. The summed E-state index contributed by atoms with van der Waals surface area (Å²) in [4.78, 5) is 27.4. The molecule has 1 N–H and O–H groups in total. The molecule has 1 aromatic heterocycles. The first-order valence-electron chi connectivity index (χ1n) is 5.65. The molecule has 1 heterocycles. The zero-order valence-electron chi connectivity index (χ0n) is 11.0. The van der Waals surface area contributed by atoms with E-state index in [0.29, 0.717) is 11.4 Å². The minimum absolute atomic E-state index is 0.144. The molecule has 0 aliphatic heterocycles. The van der Waals surface area contributed by atoms with Gasteiger partial charge in [-0.1, -0.05) is 0 Å². The first-order valence-corrected chi connectivity index (χ1v) is 5.65. The van der Waals surface area contributed by atoms with Gasteiger partial charge in [-0.05, 0) is 25.1 Å². The van der Waals surface area contributed by atoms with Crippen LogP contribution in [0.2, 0.25) is 0 Å². The van der Waals surface area contributed by atoms with Gasteiger partial charge in [0.05, 0.1) is 11.9 Å². The molecule has 0 saturated carbocycles. The fourth-order valence-corrected chi connectivity index (χ4v) is 1.33. The third-order valence-electron chi connectivity index (χ3n) is 2.26. The second-order valence-electron chi connectivity index (χ2n) is 4.08. The van der Waals surface area contributed by atoms with Crippen LogP contribution in [0.15, 0.2) is 24.4 Å². The van der Waals surface area contributed by atoms with E-state index in [4.69, 9.17) is 9.84 Å². The number of nitrogens with zero attached hydrogens (tertiary/aromatic N) is 2. The van der Waals surface area contributed by atoms with Crippen molar-refractivity contribution in [3.8, 4) is 5.75 Å². The van der Waals surface area contributed by atoms with E-state index in [0.717, 1.165) is 6.08 Å². The van der Waals surface area contributed by atoms with Crippen LogP contribution in [0.1, 0.15) is 12.6 Å². The predicted octanol–water partition coefficient (Wildman–Crippen LogP) is 1.03. The smallest absolute Gasteiger partial charge is 0.328 e. The number of ether oxygens (including phenoxy) is 1. The number of rotatable bonds is 5. The van der Waals surface area contributed by atoms with Gasteiger partial charge in [0.2, 0.25) is 0 Å². The van der Waals surface area contributed by atoms with Crippen molar-refractivity contribution in [1.29, 1.82) is 0 Å². The van der Waals surface area contributed by atoms with Crippen LogP contribution < -0.4 is 4.74 Å². The average Bonchev–Trinajstić information content (AvgIpc) is 2.36. The molecule has 0 bridgehead atoms. The van der Waals surface area contributed by atoms with Crippen molar-refractivity contribution in [2.24, 2.45) is 0 Å². The molecular formula is C13H16N2O4. The Kier molecular flexibility index (Phi) is 5.05. The van der Waals surface area contributed by atoms with E-state index >= 15 is 0 Å². The van der Waals surface area contributed by atoms with Gasteiger partial charge in [0, 0.05) is 20.2 Å². The third-order valence-corrected chi connectivity index (χ3v) is 2.26. The lowest BCUT2D eigenvalue weighted by Gasteiger charge is -2.18. The van der Waals surface area contributed by atoms with Gasteiger partial charge in [0.25, 0.3) is 5.91 Å². The molecule has 0 aliphatic rings. The number of aliphatic carboxylic acids is 1. The van der Waals surface area contributed by atoms with Crippen molar-refractivity contribution >= 4 is 18.0 Å². The number of hydrogen-bond donors (Lipinski definition) is 1. The van der Waals surface area contributed by atoms with E-state index in [9.17, 15) is 9.59 Å². The van der Waals surface area contributed by atoms with Crippen LogP contribution in [-0.4, -0.2) is 47.1 Å². The third kappa shape index (κ3) is 4.79. The molecule has 6 heteroatoms. The summed E-state index contributed by atoms with van der Waals surface area (Å²) in [5.41, 5.74) is 0.501. The largest absolute Gasteiger partial charge is 0.479 e. The maximum atomic E-state index is 11.6. The molecule has 0 fully saturated rings. The van der Waals surface area contributed by atoms with Crippen molar-refractivity contribution < 1.29 is 19.4 Å². The van der Waals surface area contributed by atoms with E-state index in [1.54, 1.807) is 33.2 Å². The number of aromatic nitrogens is 1. The van der Waals surface area contributed by atoms with Crippen molar-refractivity contribution in [3.63, 3.8) is 0 Å². The molecule has 1 aromatic rings. The van der Waals surface area contributed by atoms with Crippen LogP contribution in [0.3, 0.4) is 0 Å². The molecular weight excluding hydrogens is 248 g/mol. The Morgan fingerprint density at radius 2 is 2.11 bits per heavy atom. The highest BCUT2D eigenvalue weighted by Crippen LogP contribution is 2.12. The zero-order chi connectivity index (χ0) is 14.4. The summed E-state index contributed by atoms with van der Waals surface area (Å²) < 4.78 is 5.42. The molecule has 1 rings (SSSR count). The molecule has 0 radical (unpaired) electrons. The van der Waals surface area contributed by atoms with E-state index in [2.05, 4.69) is 4.98 Å². The lowest BCUT2D eigenvalue weighted by molar-refractivity contribution is -0.135. The Bertz CT molecular complexity index is 480. The van der Waals surface area contributed by atoms with Gasteiger partial charge in [-0.3, -0.25) is 9.78 Å². The van der Waals surface area contributed by atoms with E-state index in [1.807, 2.05) is 0 Å². The highest BCUT2D eigenvalue weighted by molar-refractivity contribution is 5.84. The Labute approximate surface area is 111 Å². The van der Waals surface area contributed by atoms with E-state index < -0.39 is 12.1 Å². The van der Waals surface area contributed by atoms with Gasteiger partial charge in [0.15, 0.2) is 6.10 Å². The standard InChI is InChI=1S/C13H16N2O4/c1-9(13(18)15(2)3)19-11-6-4-10(14-8-11)5-7-12(16)17/h4-9H,1-3H3,(H,16,17). The molecule has 1 unspecified atom stereocenters. The number of pyridine rings is 1. The second-order valence-corrected chi connectivity index (χ2v) is 4.08. The van der Waals surface area contributed by atoms with Crippen LogP contribution in [0.25, 0.3) is 6.08 Å². The number of hydrogen-bond acceptors (Lipinski definition) is 4. The lowest BCUT2D eigenvalue weighted by Crippen LogP contribution is -2.35. The van der Waals surface area contributed by atoms with Gasteiger partial charge in [-0.2, -0.15) is 0 Å². The second kappa shape index (κ2) is 6.53. The summed E-state index contributed by atoms with van der Waals surface area (Å²) in [5.74, 6) is -0.725. The molecule has 0 aromatic carbocycles. The summed E-state index contributed by atoms with van der Waals surface area (Å²) in [5, 5.41) is 8.48. The Balaban J connectivity index is 2.67. The van der Waals surface area contributed by atoms with Crippen LogP contribution in [0.4, 0.5) is 0 Å². The van der Waals surface area contributed by atoms with Crippen molar-refractivity contribution in [3.05, 3.63) is 30.1 Å². The number of carbonyl (C=O) groups excluding carboxylic acids is 1. The SMILES string of the molecule is CC(Oc1ccc(C=CC(=O)O)nc1)C(=O)N(C)C. The lowest BCUT2D eigenvalue weighted by atomic mass is 10.3. The molecule has 0 aliphatic carbocycles. The van der Waals surface area contributed by atoms with Crippen LogP contribution >= 0.6 is 0 Å². The number of amides is 1. The Hall–Kier alpha value is -2.37. The fraction of sp³-hybridized carbons (Fsp3) is 0.308. The molecule has 102 valence electrons. The quantitative estimate of drug-likeness (QED) is 0.804. The summed E-state index contributed by atoms with van der Waals surface area (Å²) in [6.07, 6.45) is 3.22. The van der Waals surface area contributed by atoms with Crippen LogP contribution in [0.5, 0.6) is 5.75 Å². The molecule has 1 atom stereocenters. The first kappa shape index (κ1) is 14.7. The van der Waals surface area contributed by atoms with E-state index in [1.165, 1.54) is 17.2 Å². The maximum absolute atomic E-state index is 11.6. The number of likely N-dealkylation sites (N-methyl/N-ethyl adjacent to an activating group) is 1. The van der Waals surface area contributed by atoms with Crippen molar-refractivity contribution in [2.75, 3.05) is 14.1 Å². The minimum atomic E-state index is -1.03. The number of carbonyl (C=O) groups is 2. The topological polar surface area (TPSA) is 79.7 Å². The molecule has 0 saturated heterocycles. The summed E-state index contributed by atoms with van der Waals surface area (Å²) in [6, 6.07) is 3.25. The number of carboxylic acid groups (broad SMARTS) is 1. The maximum Gasteiger partial charge on any atom is 0.328 e. The Morgan fingerprint density at radius 1 is 1.42 bits per heavy atom. The van der Waals surface area contributed by atoms with Gasteiger partial charge in [0.1, 0.15) is 5.75 Å². The summed E-state index contributed by atoms with van der Waals surface area (Å²) in [6.45, 7) is 1.65. The first-order chi connectivity index (χ1) is 8.90. The van der Waals surface area contributed by atoms with Gasteiger partial charge in [-0.25, -0.2) is 4.79 Å².